The molecule has 0 radical (unpaired) electrons. The number of β-lactam (4-membered cyclic amide) rings is 1. The average molecular weight is 535 g/mol. The highest BCUT2D eigenvalue weighted by Gasteiger charge is 2.63. The SMILES string of the molecule is COC(=O)C1=C(C(=O)OC)C2N(C)c3ccc(N4CCC4=O)cc3[C@@]23CCC(=O)N(CC2CCCCC2)C3=N1. The van der Waals surface area contributed by atoms with Crippen LogP contribution in [0.4, 0.5) is 11.4 Å². The molecule has 0 bridgehead atoms. The van der Waals surface area contributed by atoms with Crippen molar-refractivity contribution in [2.24, 2.45) is 10.9 Å². The Hall–Kier alpha value is -3.69. The van der Waals surface area contributed by atoms with Crippen LogP contribution in [0.25, 0.3) is 0 Å². The molecule has 1 unspecified atom stereocenters. The van der Waals surface area contributed by atoms with Gasteiger partial charge in [-0.05, 0) is 48.9 Å². The lowest BCUT2D eigenvalue weighted by Gasteiger charge is -2.49. The van der Waals surface area contributed by atoms with E-state index in [0.29, 0.717) is 37.7 Å². The highest BCUT2D eigenvalue weighted by atomic mass is 16.5. The fourth-order valence-electron chi connectivity index (χ4n) is 7.27. The number of likely N-dealkylation sites (N-methyl/N-ethyl adjacent to an activating group) is 1. The van der Waals surface area contributed by atoms with Crippen LogP contribution < -0.4 is 9.80 Å². The van der Waals surface area contributed by atoms with Gasteiger partial charge in [-0.1, -0.05) is 19.3 Å². The van der Waals surface area contributed by atoms with Crippen LogP contribution in [0.5, 0.6) is 0 Å². The fourth-order valence-corrected chi connectivity index (χ4v) is 7.27. The summed E-state index contributed by atoms with van der Waals surface area (Å²) in [6.45, 7) is 1.18. The zero-order valence-corrected chi connectivity index (χ0v) is 22.7. The maximum absolute atomic E-state index is 13.5. The molecule has 1 aromatic carbocycles. The van der Waals surface area contributed by atoms with Crippen molar-refractivity contribution in [3.63, 3.8) is 0 Å². The number of hydrogen-bond donors (Lipinski definition) is 0. The molecule has 1 saturated carbocycles. The molecular formula is C29H34N4O6. The van der Waals surface area contributed by atoms with Crippen molar-refractivity contribution in [2.75, 3.05) is 44.2 Å². The number of fused-ring (bicyclic) bond motifs is 1. The summed E-state index contributed by atoms with van der Waals surface area (Å²) in [4.78, 5) is 62.6. The van der Waals surface area contributed by atoms with Gasteiger partial charge in [0.2, 0.25) is 11.8 Å². The molecule has 39 heavy (non-hydrogen) atoms. The zero-order chi connectivity index (χ0) is 27.5. The number of amidine groups is 1. The molecule has 10 heteroatoms. The van der Waals surface area contributed by atoms with Crippen molar-refractivity contribution in [1.29, 1.82) is 0 Å². The minimum absolute atomic E-state index is 0.0281. The summed E-state index contributed by atoms with van der Waals surface area (Å²) in [6.07, 6.45) is 6.75. The van der Waals surface area contributed by atoms with Gasteiger partial charge in [0.25, 0.3) is 0 Å². The molecule has 4 aliphatic heterocycles. The van der Waals surface area contributed by atoms with Gasteiger partial charge in [-0.2, -0.15) is 0 Å². The van der Waals surface area contributed by atoms with Gasteiger partial charge in [0.05, 0.1) is 31.2 Å². The molecular weight excluding hydrogens is 500 g/mol. The first-order valence-electron chi connectivity index (χ1n) is 13.8. The Labute approximate surface area is 227 Å². The maximum Gasteiger partial charge on any atom is 0.357 e. The van der Waals surface area contributed by atoms with Crippen molar-refractivity contribution < 1.29 is 28.7 Å². The number of ether oxygens (including phenoxy) is 2. The van der Waals surface area contributed by atoms with Gasteiger partial charge in [-0.3, -0.25) is 14.5 Å². The Kier molecular flexibility index (Phi) is 6.23. The van der Waals surface area contributed by atoms with Gasteiger partial charge in [0, 0.05) is 44.4 Å². The molecule has 5 aliphatic rings. The Morgan fingerprint density at radius 2 is 1.77 bits per heavy atom. The number of piperidine rings is 1. The second kappa shape index (κ2) is 9.50. The molecule has 0 aromatic heterocycles. The van der Waals surface area contributed by atoms with Crippen molar-refractivity contribution in [3.05, 3.63) is 35.0 Å². The predicted octanol–water partition coefficient (Wildman–Crippen LogP) is 2.69. The number of aliphatic imine (C=N–C) groups is 1. The second-order valence-electron chi connectivity index (χ2n) is 11.2. The van der Waals surface area contributed by atoms with Crippen LogP contribution in [0.15, 0.2) is 34.5 Å². The number of carbonyl (C=O) groups excluding carboxylic acids is 4. The van der Waals surface area contributed by atoms with E-state index in [1.54, 1.807) is 9.80 Å². The predicted molar refractivity (Wildman–Crippen MR) is 143 cm³/mol. The van der Waals surface area contributed by atoms with Gasteiger partial charge in [0.15, 0.2) is 5.70 Å². The lowest BCUT2D eigenvalue weighted by atomic mass is 9.65. The van der Waals surface area contributed by atoms with E-state index in [2.05, 4.69) is 0 Å². The van der Waals surface area contributed by atoms with Crippen molar-refractivity contribution in [1.82, 2.24) is 4.90 Å². The van der Waals surface area contributed by atoms with E-state index < -0.39 is 23.4 Å². The first-order chi connectivity index (χ1) is 18.8. The molecule has 4 heterocycles. The summed E-state index contributed by atoms with van der Waals surface area (Å²) in [5.41, 5.74) is 1.67. The third-order valence-corrected chi connectivity index (χ3v) is 9.24. The van der Waals surface area contributed by atoms with E-state index >= 15 is 0 Å². The van der Waals surface area contributed by atoms with Crippen LogP contribution in [0.2, 0.25) is 0 Å². The van der Waals surface area contributed by atoms with Gasteiger partial charge >= 0.3 is 11.9 Å². The number of rotatable bonds is 5. The van der Waals surface area contributed by atoms with E-state index in [1.807, 2.05) is 30.1 Å². The molecule has 10 nitrogen and oxygen atoms in total. The van der Waals surface area contributed by atoms with Crippen LogP contribution in [0, 0.1) is 5.92 Å². The van der Waals surface area contributed by atoms with Gasteiger partial charge < -0.3 is 19.3 Å². The summed E-state index contributed by atoms with van der Waals surface area (Å²) >= 11 is 0. The Bertz CT molecular complexity index is 1330. The van der Waals surface area contributed by atoms with Gasteiger partial charge in [0.1, 0.15) is 5.84 Å². The molecule has 0 N–H and O–H groups in total. The highest BCUT2D eigenvalue weighted by Crippen LogP contribution is 2.56. The quantitative estimate of drug-likeness (QED) is 0.422. The minimum Gasteiger partial charge on any atom is -0.466 e. The number of methoxy groups -OCH3 is 2. The van der Waals surface area contributed by atoms with Crippen LogP contribution in [0.1, 0.15) is 56.9 Å². The van der Waals surface area contributed by atoms with E-state index in [-0.39, 0.29) is 29.5 Å². The molecule has 206 valence electrons. The molecule has 2 saturated heterocycles. The summed E-state index contributed by atoms with van der Waals surface area (Å²) in [6, 6.07) is 5.24. The molecule has 1 spiro atoms. The van der Waals surface area contributed by atoms with Crippen LogP contribution in [-0.4, -0.2) is 74.9 Å². The maximum atomic E-state index is 13.5. The van der Waals surface area contributed by atoms with Crippen LogP contribution >= 0.6 is 0 Å². The number of nitrogens with zero attached hydrogens (tertiary/aromatic N) is 4. The standard InChI is InChI=1S/C29H34N4O6/c1-31-20-10-9-18(32-14-12-22(32)35)15-19(20)29-13-11-21(34)33(16-17-7-5-4-6-8-17)28(29)30-24(27(37)39-3)23(25(29)31)26(36)38-2/h9-10,15,17,25H,4-8,11-14,16H2,1-3H3/t25?,29-/m0/s1. The fraction of sp³-hybridized carbons (Fsp3) is 0.552. The van der Waals surface area contributed by atoms with Crippen molar-refractivity contribution in [2.45, 2.75) is 62.8 Å². The zero-order valence-electron chi connectivity index (χ0n) is 22.7. The summed E-state index contributed by atoms with van der Waals surface area (Å²) in [7, 11) is 4.42. The Balaban J connectivity index is 1.57. The van der Waals surface area contributed by atoms with E-state index in [4.69, 9.17) is 14.5 Å². The molecule has 1 aliphatic carbocycles. The normalized spacial score (nSPS) is 26.5. The third kappa shape index (κ3) is 3.71. The summed E-state index contributed by atoms with van der Waals surface area (Å²) in [5, 5.41) is 0. The average Bonchev–Trinajstić information content (AvgIpc) is 3.20. The van der Waals surface area contributed by atoms with Crippen LogP contribution in [-0.2, 0) is 34.1 Å². The van der Waals surface area contributed by atoms with Crippen LogP contribution in [0.3, 0.4) is 0 Å². The first-order valence-corrected chi connectivity index (χ1v) is 13.8. The number of likely N-dealkylation sites (tertiary alicyclic amines) is 1. The first kappa shape index (κ1) is 25.6. The third-order valence-electron chi connectivity index (χ3n) is 9.24. The molecule has 3 fully saturated rings. The number of esters is 2. The van der Waals surface area contributed by atoms with Crippen molar-refractivity contribution >= 4 is 41.0 Å². The largest absolute Gasteiger partial charge is 0.466 e. The molecule has 2 atom stereocenters. The van der Waals surface area contributed by atoms with Gasteiger partial charge in [-0.15, -0.1) is 0 Å². The molecule has 1 aromatic rings. The number of benzene rings is 1. The summed E-state index contributed by atoms with van der Waals surface area (Å²) in [5.74, 6) is -0.539. The highest BCUT2D eigenvalue weighted by molar-refractivity contribution is 6.16. The summed E-state index contributed by atoms with van der Waals surface area (Å²) < 4.78 is 10.3. The van der Waals surface area contributed by atoms with E-state index in [0.717, 1.165) is 42.6 Å². The lowest BCUT2D eigenvalue weighted by Crippen LogP contribution is -2.63. The lowest BCUT2D eigenvalue weighted by molar-refractivity contribution is -0.140. The Morgan fingerprint density at radius 1 is 1.03 bits per heavy atom. The number of anilines is 2. The van der Waals surface area contributed by atoms with E-state index in [1.165, 1.54) is 20.6 Å². The number of carbonyl (C=O) groups is 4. The number of hydrogen-bond acceptors (Lipinski definition) is 8. The second-order valence-corrected chi connectivity index (χ2v) is 11.2. The molecule has 2 amide bonds. The van der Waals surface area contributed by atoms with Gasteiger partial charge in [-0.25, -0.2) is 14.6 Å². The topological polar surface area (TPSA) is 109 Å². The van der Waals surface area contributed by atoms with Crippen molar-refractivity contribution in [3.8, 4) is 0 Å². The Morgan fingerprint density at radius 3 is 2.41 bits per heavy atom. The smallest absolute Gasteiger partial charge is 0.357 e. The molecule has 6 rings (SSSR count). The minimum atomic E-state index is -0.877. The van der Waals surface area contributed by atoms with E-state index in [9.17, 15) is 19.2 Å². The monoisotopic (exact) mass is 534 g/mol. The number of amides is 2.